The SMILES string of the molecule is COc1ccc2c(c1)C=C(N(Cc1ccccc1)C(=O)c1ccccc1)CC2. The Balaban J connectivity index is 1.72. The van der Waals surface area contributed by atoms with Crippen LogP contribution in [0.25, 0.3) is 6.08 Å². The Bertz CT molecular complexity index is 994. The molecule has 0 atom stereocenters. The van der Waals surface area contributed by atoms with Gasteiger partial charge >= 0.3 is 0 Å². The van der Waals surface area contributed by atoms with Crippen molar-refractivity contribution in [3.8, 4) is 5.75 Å². The van der Waals surface area contributed by atoms with Gasteiger partial charge in [0, 0.05) is 11.3 Å². The van der Waals surface area contributed by atoms with Crippen molar-refractivity contribution in [2.75, 3.05) is 7.11 Å². The van der Waals surface area contributed by atoms with E-state index in [1.807, 2.05) is 65.6 Å². The third-order valence-corrected chi connectivity index (χ3v) is 5.12. The summed E-state index contributed by atoms with van der Waals surface area (Å²) in [5, 5.41) is 0. The third-order valence-electron chi connectivity index (χ3n) is 5.12. The highest BCUT2D eigenvalue weighted by Crippen LogP contribution is 2.30. The lowest BCUT2D eigenvalue weighted by atomic mass is 9.94. The number of carbonyl (C=O) groups is 1. The summed E-state index contributed by atoms with van der Waals surface area (Å²) in [6, 6.07) is 25.8. The fraction of sp³-hybridized carbons (Fsp3) is 0.160. The first-order valence-corrected chi connectivity index (χ1v) is 9.53. The lowest BCUT2D eigenvalue weighted by Crippen LogP contribution is -2.31. The van der Waals surface area contributed by atoms with E-state index >= 15 is 0 Å². The molecule has 1 aliphatic rings. The highest BCUT2D eigenvalue weighted by atomic mass is 16.5. The average Bonchev–Trinajstić information content (AvgIpc) is 2.77. The molecular formula is C25H23NO2. The summed E-state index contributed by atoms with van der Waals surface area (Å²) < 4.78 is 5.38. The van der Waals surface area contributed by atoms with Gasteiger partial charge in [-0.1, -0.05) is 54.6 Å². The quantitative estimate of drug-likeness (QED) is 0.609. The molecule has 140 valence electrons. The van der Waals surface area contributed by atoms with Crippen molar-refractivity contribution in [1.82, 2.24) is 4.90 Å². The number of aryl methyl sites for hydroxylation is 1. The maximum absolute atomic E-state index is 13.3. The Kier molecular flexibility index (Phi) is 5.24. The third kappa shape index (κ3) is 3.84. The molecule has 3 nitrogen and oxygen atoms in total. The van der Waals surface area contributed by atoms with Crippen LogP contribution >= 0.6 is 0 Å². The molecule has 0 aliphatic heterocycles. The molecule has 0 saturated heterocycles. The Morgan fingerprint density at radius 2 is 1.64 bits per heavy atom. The zero-order valence-corrected chi connectivity index (χ0v) is 16.0. The molecule has 0 heterocycles. The molecule has 0 saturated carbocycles. The molecule has 3 aromatic carbocycles. The predicted octanol–water partition coefficient (Wildman–Crippen LogP) is 5.32. The van der Waals surface area contributed by atoms with Crippen molar-refractivity contribution in [2.24, 2.45) is 0 Å². The van der Waals surface area contributed by atoms with Crippen LogP contribution in [0.2, 0.25) is 0 Å². The number of rotatable bonds is 5. The molecule has 1 amide bonds. The van der Waals surface area contributed by atoms with Crippen LogP contribution in [0.4, 0.5) is 0 Å². The van der Waals surface area contributed by atoms with Gasteiger partial charge in [0.2, 0.25) is 0 Å². The number of methoxy groups -OCH3 is 1. The smallest absolute Gasteiger partial charge is 0.258 e. The van der Waals surface area contributed by atoms with E-state index in [4.69, 9.17) is 4.74 Å². The second-order valence-electron chi connectivity index (χ2n) is 6.94. The van der Waals surface area contributed by atoms with Crippen LogP contribution in [0.1, 0.15) is 33.5 Å². The Morgan fingerprint density at radius 1 is 0.929 bits per heavy atom. The van der Waals surface area contributed by atoms with Gasteiger partial charge in [0.25, 0.3) is 5.91 Å². The molecule has 0 aromatic heterocycles. The first-order valence-electron chi connectivity index (χ1n) is 9.53. The molecule has 0 bridgehead atoms. The van der Waals surface area contributed by atoms with Gasteiger partial charge in [-0.25, -0.2) is 0 Å². The van der Waals surface area contributed by atoms with Crippen LogP contribution < -0.4 is 4.74 Å². The largest absolute Gasteiger partial charge is 0.497 e. The standard InChI is InChI=1S/C25H23NO2/c1-28-24-15-13-20-12-14-23(16-22(20)17-24)26(18-19-8-4-2-5-9-19)25(27)21-10-6-3-7-11-21/h2-11,13,15-17H,12,14,18H2,1H3. The molecule has 0 radical (unpaired) electrons. The highest BCUT2D eigenvalue weighted by molar-refractivity contribution is 5.96. The van der Waals surface area contributed by atoms with Gasteiger partial charge in [-0.3, -0.25) is 4.79 Å². The van der Waals surface area contributed by atoms with Crippen LogP contribution in [0, 0.1) is 0 Å². The molecule has 3 heteroatoms. The van der Waals surface area contributed by atoms with E-state index in [0.717, 1.165) is 35.4 Å². The minimum absolute atomic E-state index is 0.0297. The summed E-state index contributed by atoms with van der Waals surface area (Å²) in [5.74, 6) is 0.863. The molecule has 4 rings (SSSR count). The van der Waals surface area contributed by atoms with E-state index in [1.54, 1.807) is 7.11 Å². The predicted molar refractivity (Wildman–Crippen MR) is 112 cm³/mol. The number of ether oxygens (including phenoxy) is 1. The van der Waals surface area contributed by atoms with Crippen molar-refractivity contribution in [3.05, 3.63) is 107 Å². The van der Waals surface area contributed by atoms with Gasteiger partial charge in [0.05, 0.1) is 13.7 Å². The number of fused-ring (bicyclic) bond motifs is 1. The zero-order chi connectivity index (χ0) is 19.3. The van der Waals surface area contributed by atoms with E-state index in [1.165, 1.54) is 5.56 Å². The minimum atomic E-state index is 0.0297. The highest BCUT2D eigenvalue weighted by Gasteiger charge is 2.23. The summed E-state index contributed by atoms with van der Waals surface area (Å²) in [6.45, 7) is 0.555. The van der Waals surface area contributed by atoms with E-state index in [-0.39, 0.29) is 5.91 Å². The number of amides is 1. The Labute approximate surface area is 165 Å². The van der Waals surface area contributed by atoms with E-state index in [9.17, 15) is 4.79 Å². The number of benzene rings is 3. The zero-order valence-electron chi connectivity index (χ0n) is 16.0. The molecule has 3 aromatic rings. The lowest BCUT2D eigenvalue weighted by molar-refractivity contribution is 0.0792. The second-order valence-corrected chi connectivity index (χ2v) is 6.94. The fourth-order valence-electron chi connectivity index (χ4n) is 3.60. The van der Waals surface area contributed by atoms with Gasteiger partial charge in [-0.2, -0.15) is 0 Å². The molecule has 0 unspecified atom stereocenters. The average molecular weight is 369 g/mol. The van der Waals surface area contributed by atoms with Crippen LogP contribution in [0.15, 0.2) is 84.6 Å². The maximum atomic E-state index is 13.3. The number of carbonyl (C=O) groups excluding carboxylic acids is 1. The fourth-order valence-corrected chi connectivity index (χ4v) is 3.60. The van der Waals surface area contributed by atoms with Crippen molar-refractivity contribution in [3.63, 3.8) is 0 Å². The summed E-state index contributed by atoms with van der Waals surface area (Å²) in [4.78, 5) is 15.3. The van der Waals surface area contributed by atoms with E-state index in [2.05, 4.69) is 24.3 Å². The van der Waals surface area contributed by atoms with Gasteiger partial charge in [0.15, 0.2) is 0 Å². The van der Waals surface area contributed by atoms with E-state index < -0.39 is 0 Å². The Hall–Kier alpha value is -3.33. The minimum Gasteiger partial charge on any atom is -0.497 e. The molecule has 28 heavy (non-hydrogen) atoms. The van der Waals surface area contributed by atoms with Gasteiger partial charge in [-0.05, 0) is 59.9 Å². The summed E-state index contributed by atoms with van der Waals surface area (Å²) >= 11 is 0. The number of nitrogens with zero attached hydrogens (tertiary/aromatic N) is 1. The molecular weight excluding hydrogens is 346 g/mol. The van der Waals surface area contributed by atoms with Gasteiger partial charge < -0.3 is 9.64 Å². The first kappa shape index (κ1) is 18.1. The van der Waals surface area contributed by atoms with Crippen LogP contribution in [0.5, 0.6) is 5.75 Å². The molecule has 1 aliphatic carbocycles. The van der Waals surface area contributed by atoms with E-state index in [0.29, 0.717) is 12.1 Å². The monoisotopic (exact) mass is 369 g/mol. The van der Waals surface area contributed by atoms with Crippen LogP contribution in [-0.4, -0.2) is 17.9 Å². The van der Waals surface area contributed by atoms with Crippen molar-refractivity contribution < 1.29 is 9.53 Å². The lowest BCUT2D eigenvalue weighted by Gasteiger charge is -2.29. The van der Waals surface area contributed by atoms with Crippen LogP contribution in [0.3, 0.4) is 0 Å². The number of hydrogen-bond donors (Lipinski definition) is 0. The van der Waals surface area contributed by atoms with Gasteiger partial charge in [-0.15, -0.1) is 0 Å². The normalized spacial score (nSPS) is 12.7. The molecule has 0 fully saturated rings. The second kappa shape index (κ2) is 8.13. The molecule has 0 N–H and O–H groups in total. The summed E-state index contributed by atoms with van der Waals surface area (Å²) in [6.07, 6.45) is 3.88. The van der Waals surface area contributed by atoms with Crippen molar-refractivity contribution in [1.29, 1.82) is 0 Å². The van der Waals surface area contributed by atoms with Crippen LogP contribution in [-0.2, 0) is 13.0 Å². The maximum Gasteiger partial charge on any atom is 0.258 e. The Morgan fingerprint density at radius 3 is 2.36 bits per heavy atom. The molecule has 0 spiro atoms. The topological polar surface area (TPSA) is 29.5 Å². The number of allylic oxidation sites excluding steroid dienone is 1. The van der Waals surface area contributed by atoms with Crippen molar-refractivity contribution >= 4 is 12.0 Å². The number of hydrogen-bond acceptors (Lipinski definition) is 2. The summed E-state index contributed by atoms with van der Waals surface area (Å²) in [7, 11) is 1.68. The van der Waals surface area contributed by atoms with Gasteiger partial charge in [0.1, 0.15) is 5.75 Å². The van der Waals surface area contributed by atoms with Crippen molar-refractivity contribution in [2.45, 2.75) is 19.4 Å². The first-order chi connectivity index (χ1) is 13.7. The summed E-state index contributed by atoms with van der Waals surface area (Å²) in [5.41, 5.74) is 5.27.